The lowest BCUT2D eigenvalue weighted by Crippen LogP contribution is -2.67. The Morgan fingerprint density at radius 2 is 1.06 bits per heavy atom. The highest BCUT2D eigenvalue weighted by molar-refractivity contribution is 7.00. The van der Waals surface area contributed by atoms with Crippen molar-refractivity contribution in [3.63, 3.8) is 0 Å². The van der Waals surface area contributed by atoms with Gasteiger partial charge in [-0.1, -0.05) is 151 Å². The molecule has 3 aliphatic heterocycles. The van der Waals surface area contributed by atoms with Crippen molar-refractivity contribution in [2.45, 2.75) is 11.8 Å². The fraction of sp³-hybridized carbons (Fsp3) is 0.0400. The van der Waals surface area contributed by atoms with E-state index in [-0.39, 0.29) is 6.71 Å². The third-order valence-corrected chi connectivity index (χ3v) is 12.3. The maximum absolute atomic E-state index is 2.60. The van der Waals surface area contributed by atoms with Gasteiger partial charge in [-0.25, -0.2) is 0 Å². The Bertz CT molecular complexity index is 2830. The Morgan fingerprint density at radius 3 is 1.74 bits per heavy atom. The van der Waals surface area contributed by atoms with Gasteiger partial charge in [0, 0.05) is 33.4 Å². The first kappa shape index (κ1) is 29.0. The van der Waals surface area contributed by atoms with E-state index >= 15 is 0 Å². The molecule has 0 saturated heterocycles. The second kappa shape index (κ2) is 10.7. The molecule has 8 aromatic carbocycles. The molecule has 4 heterocycles. The zero-order valence-electron chi connectivity index (χ0n) is 29.1. The number of hydrogen-bond acceptors (Lipinski definition) is 1. The van der Waals surface area contributed by atoms with E-state index in [2.05, 4.69) is 198 Å². The van der Waals surface area contributed by atoms with Crippen molar-refractivity contribution in [2.75, 3.05) is 4.90 Å². The fourth-order valence-electron chi connectivity index (χ4n) is 10.4. The first-order chi connectivity index (χ1) is 26.3. The molecule has 2 nitrogen and oxygen atoms in total. The van der Waals surface area contributed by atoms with Gasteiger partial charge in [-0.2, -0.15) is 0 Å². The van der Waals surface area contributed by atoms with E-state index in [1.54, 1.807) is 0 Å². The third kappa shape index (κ3) is 3.69. The van der Waals surface area contributed by atoms with Crippen LogP contribution in [0.5, 0.6) is 0 Å². The minimum absolute atomic E-state index is 0.101. The highest BCUT2D eigenvalue weighted by Crippen LogP contribution is 2.53. The van der Waals surface area contributed by atoms with Crippen molar-refractivity contribution in [2.24, 2.45) is 0 Å². The van der Waals surface area contributed by atoms with E-state index in [1.807, 2.05) is 0 Å². The van der Waals surface area contributed by atoms with Gasteiger partial charge in [-0.3, -0.25) is 0 Å². The Morgan fingerprint density at radius 1 is 0.472 bits per heavy atom. The molecule has 0 N–H and O–H groups in total. The topological polar surface area (TPSA) is 8.17 Å². The van der Waals surface area contributed by atoms with Crippen LogP contribution < -0.4 is 21.3 Å². The standard InChI is InChI=1S/C50H33BN2/c1-5-16-35(17-6-1)50(36-18-7-2-8-19-36)41-25-15-27-44-48(41)51-46-33(32-34-28-30-40-39-24-13-14-26-42(39)53(44)49(40)47(34)51)29-31-43(45(46)50)52(37-20-9-3-10-21-37)38-22-11-4-12-23-38/h1-31H,32H2. The van der Waals surface area contributed by atoms with Crippen LogP contribution in [-0.2, 0) is 11.8 Å². The SMILES string of the molecule is c1ccc(N(c2ccccc2)c2ccc3c4c2C(c2ccccc2)(c2ccccc2)c2cccc5c2B4c2c(ccc4c6ccccc6n-5c24)C3)cc1. The lowest BCUT2D eigenvalue weighted by molar-refractivity contribution is 0.747. The molecule has 0 aliphatic carbocycles. The summed E-state index contributed by atoms with van der Waals surface area (Å²) in [6.45, 7) is 0.101. The molecule has 0 spiro atoms. The van der Waals surface area contributed by atoms with Crippen molar-refractivity contribution < 1.29 is 0 Å². The Balaban J connectivity index is 1.33. The van der Waals surface area contributed by atoms with Gasteiger partial charge in [0.25, 0.3) is 0 Å². The molecule has 0 amide bonds. The number of anilines is 3. The summed E-state index contributed by atoms with van der Waals surface area (Å²) in [5.74, 6) is 0. The minimum atomic E-state index is -0.612. The van der Waals surface area contributed by atoms with Crippen LogP contribution >= 0.6 is 0 Å². The van der Waals surface area contributed by atoms with Crippen molar-refractivity contribution in [1.29, 1.82) is 0 Å². The van der Waals surface area contributed by atoms with Gasteiger partial charge in [-0.05, 0) is 93.2 Å². The quantitative estimate of drug-likeness (QED) is 0.165. The highest BCUT2D eigenvalue weighted by atomic mass is 15.1. The maximum Gasteiger partial charge on any atom is 0.248 e. The molecule has 0 saturated carbocycles. The van der Waals surface area contributed by atoms with Crippen LogP contribution in [0.2, 0.25) is 0 Å². The Kier molecular flexibility index (Phi) is 5.88. The zero-order chi connectivity index (χ0) is 34.7. The average Bonchev–Trinajstić information content (AvgIpc) is 3.58. The lowest BCUT2D eigenvalue weighted by atomic mass is 9.27. The van der Waals surface area contributed by atoms with E-state index in [9.17, 15) is 0 Å². The summed E-state index contributed by atoms with van der Waals surface area (Å²) in [5.41, 5.74) is 19.4. The number of nitrogens with zero attached hydrogens (tertiary/aromatic N) is 2. The Labute approximate surface area is 309 Å². The van der Waals surface area contributed by atoms with Gasteiger partial charge in [0.1, 0.15) is 0 Å². The van der Waals surface area contributed by atoms with E-state index in [0.29, 0.717) is 0 Å². The fourth-order valence-corrected chi connectivity index (χ4v) is 10.4. The molecule has 3 heteroatoms. The monoisotopic (exact) mass is 672 g/mol. The van der Waals surface area contributed by atoms with Crippen molar-refractivity contribution in [3.8, 4) is 5.69 Å². The van der Waals surface area contributed by atoms with Gasteiger partial charge in [-0.15, -0.1) is 0 Å². The van der Waals surface area contributed by atoms with Gasteiger partial charge >= 0.3 is 0 Å². The number of para-hydroxylation sites is 3. The lowest BCUT2D eigenvalue weighted by Gasteiger charge is -2.50. The zero-order valence-corrected chi connectivity index (χ0v) is 29.1. The van der Waals surface area contributed by atoms with Crippen LogP contribution in [-0.4, -0.2) is 11.3 Å². The predicted octanol–water partition coefficient (Wildman–Crippen LogP) is 9.68. The molecule has 1 aromatic heterocycles. The van der Waals surface area contributed by atoms with Gasteiger partial charge in [0.15, 0.2) is 0 Å². The third-order valence-electron chi connectivity index (χ3n) is 12.3. The van der Waals surface area contributed by atoms with E-state index in [4.69, 9.17) is 0 Å². The molecule has 53 heavy (non-hydrogen) atoms. The molecule has 0 fully saturated rings. The van der Waals surface area contributed by atoms with Crippen molar-refractivity contribution >= 4 is 62.0 Å². The van der Waals surface area contributed by atoms with Crippen LogP contribution in [0.15, 0.2) is 188 Å². The van der Waals surface area contributed by atoms with Crippen LogP contribution in [0.3, 0.4) is 0 Å². The minimum Gasteiger partial charge on any atom is -0.310 e. The second-order valence-corrected chi connectivity index (χ2v) is 14.8. The molecule has 3 aliphatic rings. The summed E-state index contributed by atoms with van der Waals surface area (Å²) in [7, 11) is 0. The van der Waals surface area contributed by atoms with Crippen molar-refractivity contribution in [1.82, 2.24) is 4.57 Å². The van der Waals surface area contributed by atoms with E-state index in [0.717, 1.165) is 17.8 Å². The summed E-state index contributed by atoms with van der Waals surface area (Å²) in [5, 5.41) is 2.66. The van der Waals surface area contributed by atoms with Gasteiger partial charge in [0.05, 0.1) is 16.6 Å². The van der Waals surface area contributed by atoms with E-state index < -0.39 is 5.41 Å². The normalized spacial score (nSPS) is 14.1. The smallest absolute Gasteiger partial charge is 0.248 e. The summed E-state index contributed by atoms with van der Waals surface area (Å²) in [6, 6.07) is 70.3. The number of aromatic nitrogens is 1. The number of hydrogen-bond donors (Lipinski definition) is 0. The van der Waals surface area contributed by atoms with Crippen LogP contribution in [0.25, 0.3) is 27.5 Å². The molecule has 0 bridgehead atoms. The summed E-state index contributed by atoms with van der Waals surface area (Å²) in [6.07, 6.45) is 0.903. The number of fused-ring (bicyclic) bond motifs is 4. The molecule has 9 aromatic rings. The van der Waals surface area contributed by atoms with Gasteiger partial charge < -0.3 is 9.47 Å². The predicted molar refractivity (Wildman–Crippen MR) is 221 cm³/mol. The van der Waals surface area contributed by atoms with Crippen molar-refractivity contribution in [3.05, 3.63) is 221 Å². The first-order valence-electron chi connectivity index (χ1n) is 18.7. The molecule has 0 unspecified atom stereocenters. The molecular formula is C50H33BN2. The Hall–Kier alpha value is -6.58. The number of rotatable bonds is 5. The largest absolute Gasteiger partial charge is 0.310 e. The van der Waals surface area contributed by atoms with Crippen LogP contribution in [0.1, 0.15) is 33.4 Å². The first-order valence-corrected chi connectivity index (χ1v) is 18.7. The second-order valence-electron chi connectivity index (χ2n) is 14.8. The summed E-state index contributed by atoms with van der Waals surface area (Å²) >= 11 is 0. The molecule has 12 rings (SSSR count). The number of benzene rings is 8. The van der Waals surface area contributed by atoms with E-state index in [1.165, 1.54) is 82.9 Å². The highest BCUT2D eigenvalue weighted by Gasteiger charge is 2.54. The van der Waals surface area contributed by atoms with Gasteiger partial charge in [0.2, 0.25) is 6.71 Å². The molecule has 246 valence electrons. The van der Waals surface area contributed by atoms with Crippen LogP contribution in [0.4, 0.5) is 17.1 Å². The molecule has 0 radical (unpaired) electrons. The maximum atomic E-state index is 2.60. The average molecular weight is 673 g/mol. The molecule has 0 atom stereocenters. The molecular weight excluding hydrogens is 639 g/mol. The summed E-state index contributed by atoms with van der Waals surface area (Å²) in [4.78, 5) is 2.50. The summed E-state index contributed by atoms with van der Waals surface area (Å²) < 4.78 is 2.60. The van der Waals surface area contributed by atoms with Crippen LogP contribution in [0, 0.1) is 0 Å².